The van der Waals surface area contributed by atoms with Crippen LogP contribution in [-0.2, 0) is 10.0 Å². The molecule has 2 aromatic carbocycles. The van der Waals surface area contributed by atoms with Gasteiger partial charge in [0.05, 0.1) is 11.4 Å². The SMILES string of the molecule is Cc1ccc(N2CCN(C(=O)c3c(F)cc(N4CCCS4(=O)=O)cc3F)CC2)c(C)c1. The number of hydrogen-bond acceptors (Lipinski definition) is 4. The molecule has 4 rings (SSSR count). The largest absolute Gasteiger partial charge is 0.368 e. The Morgan fingerprint density at radius 2 is 1.58 bits per heavy atom. The normalized spacial score (nSPS) is 18.5. The summed E-state index contributed by atoms with van der Waals surface area (Å²) in [5, 5.41) is 0. The fourth-order valence-corrected chi connectivity index (χ4v) is 5.85. The number of anilines is 2. The molecule has 9 heteroatoms. The van der Waals surface area contributed by atoms with Crippen LogP contribution in [0.5, 0.6) is 0 Å². The molecule has 0 aromatic heterocycles. The summed E-state index contributed by atoms with van der Waals surface area (Å²) in [5.41, 5.74) is 2.69. The molecule has 2 saturated heterocycles. The van der Waals surface area contributed by atoms with Crippen LogP contribution in [-0.4, -0.2) is 57.7 Å². The molecule has 2 heterocycles. The second kappa shape index (κ2) is 8.11. The number of carbonyl (C=O) groups excluding carboxylic acids is 1. The van der Waals surface area contributed by atoms with Crippen molar-refractivity contribution in [1.29, 1.82) is 0 Å². The number of halogens is 2. The van der Waals surface area contributed by atoms with Gasteiger partial charge in [-0.25, -0.2) is 17.2 Å². The average molecular weight is 450 g/mol. The van der Waals surface area contributed by atoms with Crippen LogP contribution >= 0.6 is 0 Å². The van der Waals surface area contributed by atoms with E-state index in [-0.39, 0.29) is 18.0 Å². The number of nitrogens with zero attached hydrogens (tertiary/aromatic N) is 3. The summed E-state index contributed by atoms with van der Waals surface area (Å²) in [6.45, 7) is 6.04. The van der Waals surface area contributed by atoms with E-state index < -0.39 is 33.1 Å². The molecule has 0 spiro atoms. The molecule has 0 bridgehead atoms. The highest BCUT2D eigenvalue weighted by Gasteiger charge is 2.32. The molecule has 166 valence electrons. The molecule has 0 unspecified atom stereocenters. The Morgan fingerprint density at radius 1 is 0.935 bits per heavy atom. The Balaban J connectivity index is 1.50. The van der Waals surface area contributed by atoms with Crippen LogP contribution in [0.3, 0.4) is 0 Å². The predicted molar refractivity (Wildman–Crippen MR) is 116 cm³/mol. The van der Waals surface area contributed by atoms with Gasteiger partial charge in [0.1, 0.15) is 17.2 Å². The fourth-order valence-electron chi connectivity index (χ4n) is 4.31. The number of carbonyl (C=O) groups is 1. The van der Waals surface area contributed by atoms with E-state index in [9.17, 15) is 22.0 Å². The minimum absolute atomic E-state index is 0.0539. The van der Waals surface area contributed by atoms with E-state index in [1.807, 2.05) is 26.0 Å². The number of benzene rings is 2. The Morgan fingerprint density at radius 3 is 2.13 bits per heavy atom. The molecular formula is C22H25F2N3O3S. The van der Waals surface area contributed by atoms with Crippen molar-refractivity contribution in [1.82, 2.24) is 4.90 Å². The Bertz CT molecular complexity index is 1110. The first-order valence-electron chi connectivity index (χ1n) is 10.3. The maximum Gasteiger partial charge on any atom is 0.259 e. The van der Waals surface area contributed by atoms with Crippen LogP contribution in [0.1, 0.15) is 27.9 Å². The molecule has 2 aliphatic heterocycles. The quantitative estimate of drug-likeness (QED) is 0.723. The monoisotopic (exact) mass is 449 g/mol. The van der Waals surface area contributed by atoms with Gasteiger partial charge in [-0.15, -0.1) is 0 Å². The van der Waals surface area contributed by atoms with E-state index in [2.05, 4.69) is 11.0 Å². The van der Waals surface area contributed by atoms with Crippen molar-refractivity contribution >= 4 is 27.3 Å². The lowest BCUT2D eigenvalue weighted by atomic mass is 10.1. The van der Waals surface area contributed by atoms with Gasteiger partial charge in [-0.1, -0.05) is 17.7 Å². The molecule has 0 aliphatic carbocycles. The topological polar surface area (TPSA) is 60.9 Å². The Kier molecular flexibility index (Phi) is 5.63. The smallest absolute Gasteiger partial charge is 0.259 e. The summed E-state index contributed by atoms with van der Waals surface area (Å²) in [6.07, 6.45) is 0.400. The molecule has 2 aromatic rings. The first-order chi connectivity index (χ1) is 14.7. The van der Waals surface area contributed by atoms with Gasteiger partial charge in [0.25, 0.3) is 5.91 Å². The summed E-state index contributed by atoms with van der Waals surface area (Å²) in [7, 11) is -3.57. The van der Waals surface area contributed by atoms with Crippen molar-refractivity contribution in [3.63, 3.8) is 0 Å². The maximum atomic E-state index is 14.7. The van der Waals surface area contributed by atoms with Gasteiger partial charge in [-0.3, -0.25) is 9.10 Å². The van der Waals surface area contributed by atoms with Crippen molar-refractivity contribution in [2.45, 2.75) is 20.3 Å². The van der Waals surface area contributed by atoms with Gasteiger partial charge in [0.2, 0.25) is 10.0 Å². The standard InChI is InChI=1S/C22H25F2N3O3S/c1-15-4-5-20(16(2)12-15)25-7-9-26(10-8-25)22(28)21-18(23)13-17(14-19(21)24)27-6-3-11-31(27,29)30/h4-5,12-14H,3,6-11H2,1-2H3. The van der Waals surface area contributed by atoms with Crippen LogP contribution in [0.25, 0.3) is 0 Å². The first-order valence-corrected chi connectivity index (χ1v) is 11.9. The summed E-state index contributed by atoms with van der Waals surface area (Å²) in [5.74, 6) is -2.86. The third-order valence-electron chi connectivity index (χ3n) is 5.89. The van der Waals surface area contributed by atoms with E-state index in [4.69, 9.17) is 0 Å². The molecular weight excluding hydrogens is 424 g/mol. The molecule has 2 fully saturated rings. The lowest BCUT2D eigenvalue weighted by Gasteiger charge is -2.37. The maximum absolute atomic E-state index is 14.7. The third-order valence-corrected chi connectivity index (χ3v) is 7.76. The van der Waals surface area contributed by atoms with Gasteiger partial charge >= 0.3 is 0 Å². The molecule has 1 amide bonds. The summed E-state index contributed by atoms with van der Waals surface area (Å²) in [4.78, 5) is 16.4. The highest BCUT2D eigenvalue weighted by Crippen LogP contribution is 2.29. The van der Waals surface area contributed by atoms with Crippen LogP contribution in [0.2, 0.25) is 0 Å². The van der Waals surface area contributed by atoms with Gasteiger partial charge < -0.3 is 9.80 Å². The lowest BCUT2D eigenvalue weighted by molar-refractivity contribution is 0.0737. The van der Waals surface area contributed by atoms with Crippen molar-refractivity contribution < 1.29 is 22.0 Å². The van der Waals surface area contributed by atoms with E-state index in [0.29, 0.717) is 32.6 Å². The van der Waals surface area contributed by atoms with E-state index in [1.165, 1.54) is 10.5 Å². The van der Waals surface area contributed by atoms with E-state index in [1.54, 1.807) is 0 Å². The fraction of sp³-hybridized carbons (Fsp3) is 0.409. The number of sulfonamides is 1. The minimum atomic E-state index is -3.57. The van der Waals surface area contributed by atoms with Gasteiger partial charge in [-0.05, 0) is 44.0 Å². The number of aryl methyl sites for hydroxylation is 2. The zero-order valence-corrected chi connectivity index (χ0v) is 18.4. The summed E-state index contributed by atoms with van der Waals surface area (Å²) >= 11 is 0. The predicted octanol–water partition coefficient (Wildman–Crippen LogP) is 3.08. The van der Waals surface area contributed by atoms with Gasteiger partial charge in [0.15, 0.2) is 0 Å². The zero-order chi connectivity index (χ0) is 22.3. The average Bonchev–Trinajstić information content (AvgIpc) is 3.06. The molecule has 2 aliphatic rings. The molecule has 6 nitrogen and oxygen atoms in total. The molecule has 0 N–H and O–H groups in total. The number of amides is 1. The third kappa shape index (κ3) is 4.11. The van der Waals surface area contributed by atoms with Gasteiger partial charge in [0, 0.05) is 38.4 Å². The van der Waals surface area contributed by atoms with Crippen molar-refractivity contribution in [2.24, 2.45) is 0 Å². The van der Waals surface area contributed by atoms with Crippen LogP contribution in [0, 0.1) is 25.5 Å². The minimum Gasteiger partial charge on any atom is -0.368 e. The second-order valence-corrected chi connectivity index (χ2v) is 10.1. The van der Waals surface area contributed by atoms with Crippen LogP contribution in [0.15, 0.2) is 30.3 Å². The van der Waals surface area contributed by atoms with Crippen molar-refractivity contribution in [3.05, 3.63) is 58.7 Å². The van der Waals surface area contributed by atoms with E-state index in [0.717, 1.165) is 27.7 Å². The molecule has 31 heavy (non-hydrogen) atoms. The van der Waals surface area contributed by atoms with Gasteiger partial charge in [-0.2, -0.15) is 0 Å². The summed E-state index contributed by atoms with van der Waals surface area (Å²) < 4.78 is 54.6. The zero-order valence-electron chi connectivity index (χ0n) is 17.6. The summed E-state index contributed by atoms with van der Waals surface area (Å²) in [6, 6.07) is 8.05. The van der Waals surface area contributed by atoms with Crippen LogP contribution < -0.4 is 9.21 Å². The Hall–Kier alpha value is -2.68. The first kappa shape index (κ1) is 21.5. The molecule has 0 radical (unpaired) electrons. The Labute approximate surface area is 181 Å². The second-order valence-electron chi connectivity index (χ2n) is 8.10. The number of hydrogen-bond donors (Lipinski definition) is 0. The van der Waals surface area contributed by atoms with Crippen molar-refractivity contribution in [2.75, 3.05) is 47.7 Å². The highest BCUT2D eigenvalue weighted by atomic mass is 32.2. The molecule has 0 atom stereocenters. The number of piperazine rings is 1. The highest BCUT2D eigenvalue weighted by molar-refractivity contribution is 7.93. The lowest BCUT2D eigenvalue weighted by Crippen LogP contribution is -2.49. The van der Waals surface area contributed by atoms with Crippen molar-refractivity contribution in [3.8, 4) is 0 Å². The van der Waals surface area contributed by atoms with Crippen LogP contribution in [0.4, 0.5) is 20.2 Å². The van der Waals surface area contributed by atoms with E-state index >= 15 is 0 Å². The molecule has 0 saturated carbocycles. The number of rotatable bonds is 3.